The first-order chi connectivity index (χ1) is 9.47. The summed E-state index contributed by atoms with van der Waals surface area (Å²) in [6, 6.07) is 7.62. The van der Waals surface area contributed by atoms with Crippen molar-refractivity contribution in [1.82, 2.24) is 4.98 Å². The van der Waals surface area contributed by atoms with E-state index in [9.17, 15) is 24.8 Å². The first-order valence-corrected chi connectivity index (χ1v) is 5.45. The van der Waals surface area contributed by atoms with Crippen molar-refractivity contribution in [2.45, 2.75) is 0 Å². The molecule has 0 aliphatic rings. The highest BCUT2D eigenvalue weighted by atomic mass is 16.6. The summed E-state index contributed by atoms with van der Waals surface area (Å²) >= 11 is 0. The molecule has 0 radical (unpaired) electrons. The molecule has 1 aromatic carbocycles. The highest BCUT2D eigenvalue weighted by Gasteiger charge is 2.16. The van der Waals surface area contributed by atoms with E-state index in [1.807, 2.05) is 0 Å². The van der Waals surface area contributed by atoms with Gasteiger partial charge in [-0.2, -0.15) is 0 Å². The van der Waals surface area contributed by atoms with Crippen LogP contribution in [0.4, 0.5) is 11.4 Å². The molecule has 2 rings (SSSR count). The van der Waals surface area contributed by atoms with Gasteiger partial charge in [0.15, 0.2) is 5.88 Å². The van der Waals surface area contributed by atoms with Crippen LogP contribution in [-0.2, 0) is 0 Å². The number of hydrogen-bond acceptors (Lipinski definition) is 5. The minimum Gasteiger partial charge on any atom is -0.494 e. The number of aromatic nitrogens is 1. The Labute approximate surface area is 111 Å². The van der Waals surface area contributed by atoms with Crippen molar-refractivity contribution in [3.05, 3.63) is 62.4 Å². The molecule has 1 heterocycles. The predicted octanol–water partition coefficient (Wildman–Crippen LogP) is 1.24. The highest BCUT2D eigenvalue weighted by molar-refractivity contribution is 6.05. The zero-order valence-corrected chi connectivity index (χ0v) is 9.99. The predicted molar refractivity (Wildman–Crippen MR) is 69.8 cm³/mol. The van der Waals surface area contributed by atoms with E-state index in [2.05, 4.69) is 10.3 Å². The van der Waals surface area contributed by atoms with Crippen molar-refractivity contribution in [2.75, 3.05) is 5.32 Å². The van der Waals surface area contributed by atoms with E-state index in [-0.39, 0.29) is 16.9 Å². The molecule has 0 saturated carbocycles. The van der Waals surface area contributed by atoms with Gasteiger partial charge in [-0.25, -0.2) is 0 Å². The van der Waals surface area contributed by atoms with Crippen molar-refractivity contribution in [3.8, 4) is 5.88 Å². The number of pyridine rings is 1. The van der Waals surface area contributed by atoms with Gasteiger partial charge in [-0.3, -0.25) is 24.7 Å². The first-order valence-electron chi connectivity index (χ1n) is 5.45. The average molecular weight is 275 g/mol. The molecule has 0 unspecified atom stereocenters. The van der Waals surface area contributed by atoms with Crippen LogP contribution in [0.3, 0.4) is 0 Å². The van der Waals surface area contributed by atoms with Gasteiger partial charge in [0, 0.05) is 18.2 Å². The van der Waals surface area contributed by atoms with Gasteiger partial charge in [0.1, 0.15) is 5.69 Å². The maximum Gasteiger partial charge on any atom is 0.292 e. The molecule has 0 spiro atoms. The monoisotopic (exact) mass is 275 g/mol. The van der Waals surface area contributed by atoms with Crippen molar-refractivity contribution < 1.29 is 14.8 Å². The molecule has 3 N–H and O–H groups in total. The number of carbonyl (C=O) groups excluding carboxylic acids is 1. The molecule has 0 atom stereocenters. The van der Waals surface area contributed by atoms with Gasteiger partial charge < -0.3 is 10.4 Å². The molecule has 0 aliphatic heterocycles. The Bertz CT molecular complexity index is 738. The van der Waals surface area contributed by atoms with Crippen LogP contribution in [0, 0.1) is 10.1 Å². The number of nitro benzene ring substituents is 1. The van der Waals surface area contributed by atoms with Gasteiger partial charge in [-0.15, -0.1) is 0 Å². The van der Waals surface area contributed by atoms with Gasteiger partial charge in [-0.1, -0.05) is 12.1 Å². The lowest BCUT2D eigenvalue weighted by Crippen LogP contribution is -2.16. The second-order valence-electron chi connectivity index (χ2n) is 3.85. The minimum absolute atomic E-state index is 0.00210. The molecule has 0 saturated heterocycles. The number of anilines is 1. The van der Waals surface area contributed by atoms with Crippen LogP contribution in [0.1, 0.15) is 10.4 Å². The van der Waals surface area contributed by atoms with Crippen LogP contribution in [0.15, 0.2) is 41.2 Å². The quantitative estimate of drug-likeness (QED) is 0.574. The maximum absolute atomic E-state index is 11.9. The number of nitrogens with zero attached hydrogens (tertiary/aromatic N) is 1. The highest BCUT2D eigenvalue weighted by Crippen LogP contribution is 2.23. The molecule has 8 heteroatoms. The number of carbonyl (C=O) groups is 1. The number of benzene rings is 1. The molecule has 20 heavy (non-hydrogen) atoms. The topological polar surface area (TPSA) is 125 Å². The molecule has 0 fully saturated rings. The van der Waals surface area contributed by atoms with E-state index in [0.717, 1.165) is 12.1 Å². The third-order valence-electron chi connectivity index (χ3n) is 2.44. The molecular formula is C12H9N3O5. The Morgan fingerprint density at radius 3 is 2.65 bits per heavy atom. The summed E-state index contributed by atoms with van der Waals surface area (Å²) < 4.78 is 0. The second kappa shape index (κ2) is 5.22. The number of H-pyrrole nitrogens is 1. The summed E-state index contributed by atoms with van der Waals surface area (Å²) in [6.07, 6.45) is 0. The lowest BCUT2D eigenvalue weighted by atomic mass is 10.2. The second-order valence-corrected chi connectivity index (χ2v) is 3.85. The van der Waals surface area contributed by atoms with Crippen LogP contribution in [-0.4, -0.2) is 20.9 Å². The lowest BCUT2D eigenvalue weighted by Gasteiger charge is -2.05. The number of aromatic amines is 1. The average Bonchev–Trinajstić information content (AvgIpc) is 2.37. The number of rotatable bonds is 3. The number of amides is 1. The molecule has 0 bridgehead atoms. The van der Waals surface area contributed by atoms with E-state index in [0.29, 0.717) is 0 Å². The third kappa shape index (κ3) is 2.80. The normalized spacial score (nSPS) is 10.0. The summed E-state index contributed by atoms with van der Waals surface area (Å²) in [5, 5.41) is 22.3. The first kappa shape index (κ1) is 13.3. The largest absolute Gasteiger partial charge is 0.494 e. The molecule has 0 aliphatic carbocycles. The van der Waals surface area contributed by atoms with E-state index in [1.165, 1.54) is 24.3 Å². The SMILES string of the molecule is O=C(Nc1ccccc1[N+](=O)[O-])c1cc(O)[nH]c(=O)c1. The zero-order chi connectivity index (χ0) is 14.7. The van der Waals surface area contributed by atoms with Gasteiger partial charge in [0.05, 0.1) is 10.5 Å². The fourth-order valence-corrected chi connectivity index (χ4v) is 1.59. The van der Waals surface area contributed by atoms with E-state index in [4.69, 9.17) is 0 Å². The fraction of sp³-hybridized carbons (Fsp3) is 0. The smallest absolute Gasteiger partial charge is 0.292 e. The zero-order valence-electron chi connectivity index (χ0n) is 9.99. The molecule has 1 aromatic heterocycles. The Kier molecular flexibility index (Phi) is 3.47. The van der Waals surface area contributed by atoms with E-state index < -0.39 is 22.3 Å². The van der Waals surface area contributed by atoms with Crippen LogP contribution in [0.25, 0.3) is 0 Å². The number of para-hydroxylation sites is 2. The summed E-state index contributed by atoms with van der Waals surface area (Å²) in [5.41, 5.74) is -1.03. The number of nitro groups is 1. The van der Waals surface area contributed by atoms with Crippen LogP contribution in [0.2, 0.25) is 0 Å². The molecular weight excluding hydrogens is 266 g/mol. The third-order valence-corrected chi connectivity index (χ3v) is 2.44. The molecule has 8 nitrogen and oxygen atoms in total. The minimum atomic E-state index is -0.735. The van der Waals surface area contributed by atoms with Crippen molar-refractivity contribution in [1.29, 1.82) is 0 Å². The molecule has 1 amide bonds. The van der Waals surface area contributed by atoms with Gasteiger partial charge in [-0.05, 0) is 6.07 Å². The number of hydrogen-bond donors (Lipinski definition) is 3. The van der Waals surface area contributed by atoms with Gasteiger partial charge in [0.2, 0.25) is 0 Å². The van der Waals surface area contributed by atoms with E-state index >= 15 is 0 Å². The Hall–Kier alpha value is -3.16. The maximum atomic E-state index is 11.9. The molecule has 102 valence electrons. The Morgan fingerprint density at radius 1 is 1.30 bits per heavy atom. The van der Waals surface area contributed by atoms with Crippen molar-refractivity contribution >= 4 is 17.3 Å². The van der Waals surface area contributed by atoms with Crippen molar-refractivity contribution in [2.24, 2.45) is 0 Å². The fourth-order valence-electron chi connectivity index (χ4n) is 1.59. The summed E-state index contributed by atoms with van der Waals surface area (Å²) in [7, 11) is 0. The van der Waals surface area contributed by atoms with E-state index in [1.54, 1.807) is 0 Å². The summed E-state index contributed by atoms with van der Waals surface area (Å²) in [5.74, 6) is -1.20. The number of aromatic hydroxyl groups is 1. The molecule has 2 aromatic rings. The summed E-state index contributed by atoms with van der Waals surface area (Å²) in [6.45, 7) is 0. The Morgan fingerprint density at radius 2 is 2.00 bits per heavy atom. The number of nitrogens with one attached hydrogen (secondary N) is 2. The van der Waals surface area contributed by atoms with Crippen LogP contribution < -0.4 is 10.9 Å². The van der Waals surface area contributed by atoms with Gasteiger partial charge >= 0.3 is 0 Å². The Balaban J connectivity index is 2.33. The van der Waals surface area contributed by atoms with Crippen molar-refractivity contribution in [3.63, 3.8) is 0 Å². The van der Waals surface area contributed by atoms with Crippen LogP contribution in [0.5, 0.6) is 5.88 Å². The van der Waals surface area contributed by atoms with Crippen LogP contribution >= 0.6 is 0 Å². The lowest BCUT2D eigenvalue weighted by molar-refractivity contribution is -0.383. The summed E-state index contributed by atoms with van der Waals surface area (Å²) in [4.78, 5) is 35.3. The standard InChI is InChI=1S/C12H9N3O5/c16-10-5-7(6-11(17)14-10)12(18)13-8-3-1-2-4-9(8)15(19)20/h1-6H,(H,13,18)(H2,14,16,17). The van der Waals surface area contributed by atoms with Gasteiger partial charge in [0.25, 0.3) is 17.2 Å².